The van der Waals surface area contributed by atoms with Crippen molar-refractivity contribution in [3.05, 3.63) is 28.3 Å². The van der Waals surface area contributed by atoms with Crippen molar-refractivity contribution in [2.45, 2.75) is 40.7 Å². The number of anilines is 1. The number of hydrogen-bond donors (Lipinski definition) is 2. The maximum atomic E-state index is 11.8. The van der Waals surface area contributed by atoms with Crippen LogP contribution >= 0.6 is 11.6 Å². The summed E-state index contributed by atoms with van der Waals surface area (Å²) in [5.41, 5.74) is 2.72. The van der Waals surface area contributed by atoms with Gasteiger partial charge in [0.2, 0.25) is 0 Å². The molecule has 1 aromatic rings. The number of benzene rings is 1. The van der Waals surface area contributed by atoms with E-state index in [1.165, 1.54) is 0 Å². The summed E-state index contributed by atoms with van der Waals surface area (Å²) in [6.07, 6.45) is 0. The molecule has 0 bridgehead atoms. The molecule has 0 spiro atoms. The van der Waals surface area contributed by atoms with Crippen molar-refractivity contribution in [3.63, 3.8) is 0 Å². The zero-order valence-electron chi connectivity index (χ0n) is 11.6. The molecular weight excluding hydrogens is 248 g/mol. The average Bonchev–Trinajstić information content (AvgIpc) is 2.23. The van der Waals surface area contributed by atoms with E-state index in [-0.39, 0.29) is 12.1 Å². The smallest absolute Gasteiger partial charge is 0.319 e. The Morgan fingerprint density at radius 1 is 1.22 bits per heavy atom. The van der Waals surface area contributed by atoms with Crippen molar-refractivity contribution in [2.24, 2.45) is 5.92 Å². The first-order valence-electron chi connectivity index (χ1n) is 6.15. The zero-order valence-corrected chi connectivity index (χ0v) is 12.4. The minimum Gasteiger partial charge on any atom is -0.335 e. The third-order valence-corrected chi connectivity index (χ3v) is 3.33. The lowest BCUT2D eigenvalue weighted by Crippen LogP contribution is -2.39. The molecule has 0 aromatic heterocycles. The average molecular weight is 269 g/mol. The van der Waals surface area contributed by atoms with E-state index in [9.17, 15) is 4.79 Å². The topological polar surface area (TPSA) is 41.1 Å². The Morgan fingerprint density at radius 2 is 1.83 bits per heavy atom. The second-order valence-electron chi connectivity index (χ2n) is 5.07. The molecule has 0 aliphatic heterocycles. The highest BCUT2D eigenvalue weighted by Gasteiger charge is 2.13. The number of halogens is 1. The fraction of sp³-hybridized carbons (Fsp3) is 0.500. The summed E-state index contributed by atoms with van der Waals surface area (Å²) in [6, 6.07) is 3.74. The van der Waals surface area contributed by atoms with Crippen molar-refractivity contribution in [1.82, 2.24) is 5.32 Å². The Hall–Kier alpha value is -1.22. The van der Waals surface area contributed by atoms with Crippen LogP contribution in [0, 0.1) is 19.8 Å². The summed E-state index contributed by atoms with van der Waals surface area (Å²) in [5.74, 6) is 0.394. The van der Waals surface area contributed by atoms with E-state index in [0.29, 0.717) is 16.6 Å². The molecule has 0 radical (unpaired) electrons. The van der Waals surface area contributed by atoms with Crippen molar-refractivity contribution < 1.29 is 4.79 Å². The van der Waals surface area contributed by atoms with Crippen molar-refractivity contribution in [2.75, 3.05) is 5.32 Å². The van der Waals surface area contributed by atoms with Crippen LogP contribution in [-0.2, 0) is 0 Å². The molecule has 0 saturated heterocycles. The predicted octanol–water partition coefficient (Wildman–Crippen LogP) is 4.12. The van der Waals surface area contributed by atoms with Gasteiger partial charge < -0.3 is 10.6 Å². The first-order valence-corrected chi connectivity index (χ1v) is 6.53. The van der Waals surface area contributed by atoms with Crippen LogP contribution in [0.4, 0.5) is 10.5 Å². The van der Waals surface area contributed by atoms with Gasteiger partial charge in [0.25, 0.3) is 0 Å². The van der Waals surface area contributed by atoms with Gasteiger partial charge in [-0.1, -0.05) is 31.5 Å². The Morgan fingerprint density at radius 3 is 2.33 bits per heavy atom. The first-order chi connectivity index (χ1) is 8.31. The van der Waals surface area contributed by atoms with Gasteiger partial charge in [0.05, 0.1) is 10.7 Å². The summed E-state index contributed by atoms with van der Waals surface area (Å²) in [7, 11) is 0. The summed E-state index contributed by atoms with van der Waals surface area (Å²) < 4.78 is 0. The molecule has 1 unspecified atom stereocenters. The highest BCUT2D eigenvalue weighted by atomic mass is 35.5. The van der Waals surface area contributed by atoms with Gasteiger partial charge in [-0.2, -0.15) is 0 Å². The summed E-state index contributed by atoms with van der Waals surface area (Å²) >= 11 is 6.14. The normalized spacial score (nSPS) is 12.4. The lowest BCUT2D eigenvalue weighted by atomic mass is 10.1. The summed E-state index contributed by atoms with van der Waals surface area (Å²) in [4.78, 5) is 11.8. The Labute approximate surface area is 114 Å². The minimum absolute atomic E-state index is 0.120. The number of carbonyl (C=O) groups excluding carboxylic acids is 1. The number of amides is 2. The number of hydrogen-bond acceptors (Lipinski definition) is 1. The van der Waals surface area contributed by atoms with Crippen LogP contribution in [0.5, 0.6) is 0 Å². The molecule has 100 valence electrons. The van der Waals surface area contributed by atoms with E-state index in [1.807, 2.05) is 32.9 Å². The number of carbonyl (C=O) groups is 1. The van der Waals surface area contributed by atoms with Gasteiger partial charge in [-0.3, -0.25) is 0 Å². The fourth-order valence-corrected chi connectivity index (χ4v) is 1.97. The lowest BCUT2D eigenvalue weighted by molar-refractivity contribution is 0.246. The molecule has 1 atom stereocenters. The van der Waals surface area contributed by atoms with Crippen LogP contribution in [0.2, 0.25) is 5.02 Å². The molecule has 0 aliphatic carbocycles. The monoisotopic (exact) mass is 268 g/mol. The molecule has 0 heterocycles. The number of urea groups is 1. The third kappa shape index (κ3) is 3.91. The minimum atomic E-state index is -0.218. The highest BCUT2D eigenvalue weighted by Crippen LogP contribution is 2.27. The summed E-state index contributed by atoms with van der Waals surface area (Å²) in [6.45, 7) is 10.0. The molecule has 1 aromatic carbocycles. The van der Waals surface area contributed by atoms with Gasteiger partial charge >= 0.3 is 6.03 Å². The Bertz CT molecular complexity index is 420. The maximum Gasteiger partial charge on any atom is 0.319 e. The predicted molar refractivity (Wildman–Crippen MR) is 77.4 cm³/mol. The van der Waals surface area contributed by atoms with Crippen molar-refractivity contribution >= 4 is 23.3 Å². The van der Waals surface area contributed by atoms with Crippen LogP contribution < -0.4 is 10.6 Å². The fourth-order valence-electron chi connectivity index (χ4n) is 1.60. The second-order valence-corrected chi connectivity index (χ2v) is 5.48. The zero-order chi connectivity index (χ0) is 13.9. The molecule has 1 rings (SSSR count). The van der Waals surface area contributed by atoms with Gasteiger partial charge in [-0.25, -0.2) is 4.79 Å². The van der Waals surface area contributed by atoms with Gasteiger partial charge in [-0.15, -0.1) is 0 Å². The third-order valence-electron chi connectivity index (χ3n) is 3.03. The van der Waals surface area contributed by atoms with E-state index < -0.39 is 0 Å². The Kier molecular flexibility index (Phi) is 5.03. The second kappa shape index (κ2) is 6.10. The summed E-state index contributed by atoms with van der Waals surface area (Å²) in [5, 5.41) is 6.27. The highest BCUT2D eigenvalue weighted by molar-refractivity contribution is 6.34. The van der Waals surface area contributed by atoms with Gasteiger partial charge in [0, 0.05) is 6.04 Å². The van der Waals surface area contributed by atoms with E-state index >= 15 is 0 Å². The van der Waals surface area contributed by atoms with Gasteiger partial charge in [0.15, 0.2) is 0 Å². The van der Waals surface area contributed by atoms with Crippen molar-refractivity contribution in [1.29, 1.82) is 0 Å². The SMILES string of the molecule is Cc1cc(C)c(NC(=O)NC(C)C(C)C)c(Cl)c1. The molecule has 2 amide bonds. The molecule has 4 heteroatoms. The molecule has 0 saturated carbocycles. The van der Waals surface area contributed by atoms with E-state index in [4.69, 9.17) is 11.6 Å². The van der Waals surface area contributed by atoms with Crippen LogP contribution in [0.1, 0.15) is 31.9 Å². The molecule has 3 nitrogen and oxygen atoms in total. The number of aryl methyl sites for hydroxylation is 2. The van der Waals surface area contributed by atoms with E-state index in [1.54, 1.807) is 0 Å². The molecule has 18 heavy (non-hydrogen) atoms. The van der Waals surface area contributed by atoms with E-state index in [2.05, 4.69) is 24.5 Å². The Balaban J connectivity index is 2.77. The van der Waals surface area contributed by atoms with Crippen LogP contribution in [-0.4, -0.2) is 12.1 Å². The first kappa shape index (κ1) is 14.8. The molecule has 0 fully saturated rings. The molecule has 0 aliphatic rings. The largest absolute Gasteiger partial charge is 0.335 e. The maximum absolute atomic E-state index is 11.8. The van der Waals surface area contributed by atoms with Gasteiger partial charge in [-0.05, 0) is 43.9 Å². The van der Waals surface area contributed by atoms with Crippen LogP contribution in [0.15, 0.2) is 12.1 Å². The van der Waals surface area contributed by atoms with E-state index in [0.717, 1.165) is 11.1 Å². The standard InChI is InChI=1S/C14H21ClN2O/c1-8(2)11(5)16-14(18)17-13-10(4)6-9(3)7-12(13)15/h6-8,11H,1-5H3,(H2,16,17,18). The van der Waals surface area contributed by atoms with Crippen LogP contribution in [0.3, 0.4) is 0 Å². The number of rotatable bonds is 3. The quantitative estimate of drug-likeness (QED) is 0.851. The lowest BCUT2D eigenvalue weighted by Gasteiger charge is -2.19. The van der Waals surface area contributed by atoms with Gasteiger partial charge in [0.1, 0.15) is 0 Å². The van der Waals surface area contributed by atoms with Crippen molar-refractivity contribution in [3.8, 4) is 0 Å². The number of nitrogens with one attached hydrogen (secondary N) is 2. The van der Waals surface area contributed by atoms with Crippen LogP contribution in [0.25, 0.3) is 0 Å². The molecule has 2 N–H and O–H groups in total. The molecular formula is C14H21ClN2O.